The van der Waals surface area contributed by atoms with Crippen molar-refractivity contribution in [3.63, 3.8) is 0 Å². The third-order valence-electron chi connectivity index (χ3n) is 10.2. The lowest BCUT2D eigenvalue weighted by molar-refractivity contribution is 0.0861. The summed E-state index contributed by atoms with van der Waals surface area (Å²) in [7, 11) is -2.82. The molecule has 7 atom stereocenters. The molecular formula is C31H43NO3S. The highest BCUT2D eigenvalue weighted by Crippen LogP contribution is 2.62. The fourth-order valence-corrected chi connectivity index (χ4v) is 10.2. The molecule has 4 fully saturated rings. The number of rotatable bonds is 6. The molecule has 4 nitrogen and oxygen atoms in total. The summed E-state index contributed by atoms with van der Waals surface area (Å²) in [6.45, 7) is 8.91. The third-order valence-corrected chi connectivity index (χ3v) is 12.9. The van der Waals surface area contributed by atoms with Gasteiger partial charge >= 0.3 is 0 Å². The molecule has 0 radical (unpaired) electrons. The van der Waals surface area contributed by atoms with Crippen LogP contribution in [0.3, 0.4) is 0 Å². The van der Waals surface area contributed by atoms with Crippen molar-refractivity contribution in [3.8, 4) is 0 Å². The minimum atomic E-state index is -2.82. The molecule has 0 heterocycles. The molecule has 5 rings (SSSR count). The minimum absolute atomic E-state index is 0.232. The van der Waals surface area contributed by atoms with E-state index < -0.39 is 21.9 Å². The Labute approximate surface area is 217 Å². The fourth-order valence-electron chi connectivity index (χ4n) is 8.02. The summed E-state index contributed by atoms with van der Waals surface area (Å²) in [5.41, 5.74) is 3.46. The molecule has 0 amide bonds. The second kappa shape index (κ2) is 9.56. The van der Waals surface area contributed by atoms with Crippen LogP contribution in [0.5, 0.6) is 0 Å². The molecule has 0 bridgehead atoms. The van der Waals surface area contributed by atoms with Crippen LogP contribution < -0.4 is 0 Å². The van der Waals surface area contributed by atoms with E-state index in [0.717, 1.165) is 36.8 Å². The van der Waals surface area contributed by atoms with Gasteiger partial charge < -0.3 is 10.2 Å². The van der Waals surface area contributed by atoms with Crippen molar-refractivity contribution in [3.05, 3.63) is 65.8 Å². The molecule has 1 aromatic rings. The summed E-state index contributed by atoms with van der Waals surface area (Å²) in [4.78, 5) is 0.695. The van der Waals surface area contributed by atoms with Gasteiger partial charge in [0.2, 0.25) is 0 Å². The lowest BCUT2D eigenvalue weighted by Crippen LogP contribution is -2.37. The van der Waals surface area contributed by atoms with E-state index in [2.05, 4.69) is 32.6 Å². The Morgan fingerprint density at radius 2 is 1.89 bits per heavy atom. The summed E-state index contributed by atoms with van der Waals surface area (Å²) in [5.74, 6) is 1.57. The van der Waals surface area contributed by atoms with Crippen molar-refractivity contribution in [1.29, 1.82) is 4.78 Å². The van der Waals surface area contributed by atoms with Crippen LogP contribution in [0.2, 0.25) is 0 Å². The number of hydrogen-bond donors (Lipinski definition) is 3. The van der Waals surface area contributed by atoms with Crippen LogP contribution in [0, 0.1) is 27.9 Å². The smallest absolute Gasteiger partial charge is 0.0811 e. The number of fused-ring (bicyclic) bond motifs is 1. The third kappa shape index (κ3) is 4.46. The van der Waals surface area contributed by atoms with Crippen molar-refractivity contribution in [2.75, 3.05) is 0 Å². The number of allylic oxidation sites excluding steroid dienone is 3. The Morgan fingerprint density at radius 1 is 1.17 bits per heavy atom. The molecule has 0 aromatic heterocycles. The van der Waals surface area contributed by atoms with E-state index in [1.54, 1.807) is 0 Å². The number of nitrogens with one attached hydrogen (secondary N) is 1. The monoisotopic (exact) mass is 509 g/mol. The van der Waals surface area contributed by atoms with Gasteiger partial charge in [0.1, 0.15) is 0 Å². The maximum Gasteiger partial charge on any atom is 0.0811 e. The Hall–Kier alpha value is -1.69. The van der Waals surface area contributed by atoms with Gasteiger partial charge in [-0.2, -0.15) is 0 Å². The largest absolute Gasteiger partial charge is 0.393 e. The number of aliphatic hydroxyl groups is 2. The van der Waals surface area contributed by atoms with Gasteiger partial charge in [-0.05, 0) is 104 Å². The summed E-state index contributed by atoms with van der Waals surface area (Å²) in [6, 6.07) is 9.48. The molecule has 0 aliphatic heterocycles. The quantitative estimate of drug-likeness (QED) is 0.395. The minimum Gasteiger partial charge on any atom is -0.393 e. The highest BCUT2D eigenvalue weighted by molar-refractivity contribution is 7.94. The maximum atomic E-state index is 13.8. The Bertz CT molecular complexity index is 1160. The average Bonchev–Trinajstić information content (AvgIpc) is 3.54. The van der Waals surface area contributed by atoms with Crippen molar-refractivity contribution >= 4 is 9.73 Å². The molecule has 0 spiro atoms. The van der Waals surface area contributed by atoms with Gasteiger partial charge in [-0.25, -0.2) is 8.99 Å². The average molecular weight is 510 g/mol. The van der Waals surface area contributed by atoms with Gasteiger partial charge in [-0.1, -0.05) is 56.4 Å². The van der Waals surface area contributed by atoms with Crippen LogP contribution in [0.15, 0.2) is 70.7 Å². The van der Waals surface area contributed by atoms with E-state index in [4.69, 9.17) is 4.78 Å². The zero-order chi connectivity index (χ0) is 25.7. The normalized spacial score (nSPS) is 38.5. The molecule has 4 saturated carbocycles. The zero-order valence-corrected chi connectivity index (χ0v) is 22.7. The van der Waals surface area contributed by atoms with Gasteiger partial charge in [0.15, 0.2) is 0 Å². The predicted molar refractivity (Wildman–Crippen MR) is 146 cm³/mol. The Kier molecular flexibility index (Phi) is 6.89. The summed E-state index contributed by atoms with van der Waals surface area (Å²) >= 11 is 0. The van der Waals surface area contributed by atoms with Gasteiger partial charge in [0.25, 0.3) is 0 Å². The van der Waals surface area contributed by atoms with Crippen molar-refractivity contribution in [1.82, 2.24) is 0 Å². The first-order chi connectivity index (χ1) is 17.1. The maximum absolute atomic E-state index is 13.8. The fraction of sp³-hybridized carbons (Fsp3) is 0.613. The first-order valence-electron chi connectivity index (χ1n) is 13.9. The van der Waals surface area contributed by atoms with Gasteiger partial charge in [0.05, 0.1) is 26.7 Å². The highest BCUT2D eigenvalue weighted by Gasteiger charge is 2.56. The molecule has 5 heteroatoms. The second-order valence-electron chi connectivity index (χ2n) is 12.4. The van der Waals surface area contributed by atoms with E-state index in [9.17, 15) is 14.4 Å². The Morgan fingerprint density at radius 3 is 2.58 bits per heavy atom. The van der Waals surface area contributed by atoms with Crippen LogP contribution >= 0.6 is 0 Å². The SMILES string of the molecule is C=C1/C(=C\C=C2/CCC[C@]3(C)[C@@H]([C@H](C)CC4(S(=N)(=O)c5ccccc5)CC4)CC[C@@H]23)C[C@@H](O)C[C@@H]1O. The van der Waals surface area contributed by atoms with Crippen molar-refractivity contribution in [2.45, 2.75) is 99.9 Å². The molecule has 3 N–H and O–H groups in total. The zero-order valence-electron chi connectivity index (χ0n) is 21.9. The lowest BCUT2D eigenvalue weighted by Gasteiger charge is -2.45. The predicted octanol–water partition coefficient (Wildman–Crippen LogP) is 6.79. The summed E-state index contributed by atoms with van der Waals surface area (Å²) < 4.78 is 22.3. The molecular weight excluding hydrogens is 466 g/mol. The van der Waals surface area contributed by atoms with E-state index in [-0.39, 0.29) is 10.2 Å². The highest BCUT2D eigenvalue weighted by atomic mass is 32.2. The molecule has 1 unspecified atom stereocenters. The standard InChI is InChI=1S/C31H43NO3S/c1-21(20-31(16-17-31)36(32,35)26-9-5-4-6-10-26)27-13-14-28-23(8-7-15-30(27,28)3)11-12-24-18-25(33)19-29(34)22(24)2/h4-6,9-12,21,25,27-29,32-34H,2,7-8,13-20H2,1,3H3/b23-11+,24-12-/t21-,25-,27-,28+,29+,30-,36?/m1/s1. The van der Waals surface area contributed by atoms with Gasteiger partial charge in [-0.3, -0.25) is 0 Å². The summed E-state index contributed by atoms with van der Waals surface area (Å²) in [5, 5.41) is 20.3. The van der Waals surface area contributed by atoms with Crippen molar-refractivity contribution in [2.24, 2.45) is 23.2 Å². The van der Waals surface area contributed by atoms with E-state index >= 15 is 0 Å². The molecule has 0 saturated heterocycles. The Balaban J connectivity index is 1.33. The second-order valence-corrected chi connectivity index (χ2v) is 14.8. The van der Waals surface area contributed by atoms with Crippen LogP contribution in [0.1, 0.15) is 78.1 Å². The topological polar surface area (TPSA) is 81.4 Å². The number of aliphatic hydroxyl groups excluding tert-OH is 2. The lowest BCUT2D eigenvalue weighted by atomic mass is 9.60. The first kappa shape index (κ1) is 25.9. The molecule has 196 valence electrons. The van der Waals surface area contributed by atoms with E-state index in [1.165, 1.54) is 31.3 Å². The van der Waals surface area contributed by atoms with E-state index in [0.29, 0.717) is 35.5 Å². The number of benzene rings is 1. The first-order valence-corrected chi connectivity index (χ1v) is 15.4. The van der Waals surface area contributed by atoms with Crippen molar-refractivity contribution < 1.29 is 14.4 Å². The molecule has 4 aliphatic carbocycles. The van der Waals surface area contributed by atoms with Gasteiger partial charge in [0, 0.05) is 11.3 Å². The van der Waals surface area contributed by atoms with Crippen LogP contribution in [-0.2, 0) is 9.73 Å². The molecule has 1 aromatic carbocycles. The van der Waals surface area contributed by atoms with Crippen LogP contribution in [0.25, 0.3) is 0 Å². The van der Waals surface area contributed by atoms with E-state index in [1.807, 2.05) is 30.3 Å². The number of hydrogen-bond acceptors (Lipinski definition) is 4. The molecule has 36 heavy (non-hydrogen) atoms. The van der Waals surface area contributed by atoms with Crippen LogP contribution in [0.4, 0.5) is 0 Å². The van der Waals surface area contributed by atoms with Crippen LogP contribution in [-0.4, -0.2) is 31.4 Å². The summed E-state index contributed by atoms with van der Waals surface area (Å²) in [6.07, 6.45) is 12.8. The molecule has 4 aliphatic rings. The van der Waals surface area contributed by atoms with Gasteiger partial charge in [-0.15, -0.1) is 0 Å².